The van der Waals surface area contributed by atoms with Crippen LogP contribution in [0.3, 0.4) is 0 Å². The van der Waals surface area contributed by atoms with E-state index in [0.29, 0.717) is 5.69 Å². The van der Waals surface area contributed by atoms with Gasteiger partial charge in [0, 0.05) is 19.4 Å². The monoisotopic (exact) mass is 252 g/mol. The molecular formula is C10H12N4O2S. The third kappa shape index (κ3) is 2.44. The van der Waals surface area contributed by atoms with Gasteiger partial charge >= 0.3 is 0 Å². The summed E-state index contributed by atoms with van der Waals surface area (Å²) < 4.78 is 25.7. The maximum absolute atomic E-state index is 12.1. The summed E-state index contributed by atoms with van der Waals surface area (Å²) in [6, 6.07) is 3.06. The number of pyridine rings is 1. The Kier molecular flexibility index (Phi) is 2.84. The summed E-state index contributed by atoms with van der Waals surface area (Å²) in [5.41, 5.74) is 6.24. The van der Waals surface area contributed by atoms with Crippen LogP contribution < -0.4 is 5.73 Å². The molecule has 0 saturated carbocycles. The third-order valence-corrected chi connectivity index (χ3v) is 3.97. The number of nitrogens with two attached hydrogens (primary N) is 1. The van der Waals surface area contributed by atoms with E-state index in [1.807, 2.05) is 0 Å². The number of hydrogen-bond donors (Lipinski definition) is 1. The first-order chi connectivity index (χ1) is 7.99. The van der Waals surface area contributed by atoms with E-state index < -0.39 is 9.84 Å². The van der Waals surface area contributed by atoms with E-state index in [9.17, 15) is 8.42 Å². The van der Waals surface area contributed by atoms with Crippen LogP contribution >= 0.6 is 0 Å². The van der Waals surface area contributed by atoms with Gasteiger partial charge in [-0.15, -0.1) is 0 Å². The van der Waals surface area contributed by atoms with Crippen LogP contribution in [0.5, 0.6) is 0 Å². The van der Waals surface area contributed by atoms with Crippen molar-refractivity contribution >= 4 is 15.5 Å². The normalized spacial score (nSPS) is 11.6. The van der Waals surface area contributed by atoms with Crippen molar-refractivity contribution < 1.29 is 8.42 Å². The largest absolute Gasteiger partial charge is 0.396 e. The molecule has 0 amide bonds. The van der Waals surface area contributed by atoms with Gasteiger partial charge in [-0.1, -0.05) is 0 Å². The van der Waals surface area contributed by atoms with Gasteiger partial charge in [0.05, 0.1) is 28.2 Å². The molecule has 2 rings (SSSR count). The van der Waals surface area contributed by atoms with Crippen LogP contribution in [-0.2, 0) is 22.6 Å². The maximum Gasteiger partial charge on any atom is 0.186 e. The molecule has 0 aliphatic rings. The quantitative estimate of drug-likeness (QED) is 0.852. The summed E-state index contributed by atoms with van der Waals surface area (Å²) in [4.78, 5) is 3.86. The topological polar surface area (TPSA) is 90.9 Å². The Morgan fingerprint density at radius 3 is 2.76 bits per heavy atom. The van der Waals surface area contributed by atoms with E-state index in [4.69, 9.17) is 5.73 Å². The number of nitrogen functional groups attached to an aromatic ring is 1. The molecule has 0 bridgehead atoms. The zero-order chi connectivity index (χ0) is 12.5. The average molecular weight is 252 g/mol. The average Bonchev–Trinajstić information content (AvgIpc) is 2.63. The molecule has 0 aliphatic heterocycles. The van der Waals surface area contributed by atoms with Crippen LogP contribution in [0.25, 0.3) is 0 Å². The molecule has 0 spiro atoms. The summed E-state index contributed by atoms with van der Waals surface area (Å²) in [7, 11) is -1.74. The van der Waals surface area contributed by atoms with Crippen molar-refractivity contribution in [3.63, 3.8) is 0 Å². The molecule has 2 aromatic rings. The van der Waals surface area contributed by atoms with Gasteiger partial charge in [0.15, 0.2) is 9.84 Å². The van der Waals surface area contributed by atoms with Crippen LogP contribution in [0, 0.1) is 0 Å². The predicted octanol–water partition coefficient (Wildman–Crippen LogP) is 0.371. The molecule has 0 saturated heterocycles. The lowest BCUT2D eigenvalue weighted by atomic mass is 10.4. The minimum Gasteiger partial charge on any atom is -0.396 e. The maximum atomic E-state index is 12.1. The Morgan fingerprint density at radius 2 is 2.18 bits per heavy atom. The third-order valence-electron chi connectivity index (χ3n) is 2.25. The van der Waals surface area contributed by atoms with E-state index >= 15 is 0 Å². The minimum atomic E-state index is -3.47. The minimum absolute atomic E-state index is 0.0955. The number of anilines is 1. The van der Waals surface area contributed by atoms with E-state index in [1.165, 1.54) is 18.5 Å². The van der Waals surface area contributed by atoms with Crippen LogP contribution in [-0.4, -0.2) is 23.2 Å². The molecule has 0 radical (unpaired) electrons. The summed E-state index contributed by atoms with van der Waals surface area (Å²) >= 11 is 0. The van der Waals surface area contributed by atoms with E-state index in [0.717, 1.165) is 0 Å². The summed E-state index contributed by atoms with van der Waals surface area (Å²) in [5, 5.41) is 4.03. The first-order valence-corrected chi connectivity index (χ1v) is 6.55. The molecule has 7 heteroatoms. The van der Waals surface area contributed by atoms with Gasteiger partial charge in [-0.05, 0) is 12.1 Å². The van der Waals surface area contributed by atoms with E-state index in [-0.39, 0.29) is 16.3 Å². The van der Waals surface area contributed by atoms with Gasteiger partial charge in [0.25, 0.3) is 0 Å². The highest BCUT2D eigenvalue weighted by Crippen LogP contribution is 2.20. The molecule has 0 aromatic carbocycles. The van der Waals surface area contributed by atoms with Crippen LogP contribution in [0.1, 0.15) is 5.69 Å². The van der Waals surface area contributed by atoms with Crippen molar-refractivity contribution in [1.82, 2.24) is 14.8 Å². The predicted molar refractivity (Wildman–Crippen MR) is 62.7 cm³/mol. The number of hydrogen-bond acceptors (Lipinski definition) is 5. The van der Waals surface area contributed by atoms with Crippen molar-refractivity contribution in [2.45, 2.75) is 10.6 Å². The zero-order valence-electron chi connectivity index (χ0n) is 9.24. The summed E-state index contributed by atoms with van der Waals surface area (Å²) in [6.07, 6.45) is 4.42. The highest BCUT2D eigenvalue weighted by atomic mass is 32.2. The smallest absolute Gasteiger partial charge is 0.186 e. The fourth-order valence-corrected chi connectivity index (χ4v) is 2.87. The zero-order valence-corrected chi connectivity index (χ0v) is 10.1. The van der Waals surface area contributed by atoms with Crippen molar-refractivity contribution in [1.29, 1.82) is 0 Å². The molecular weight excluding hydrogens is 240 g/mol. The Balaban J connectivity index is 2.35. The van der Waals surface area contributed by atoms with Crippen molar-refractivity contribution in [2.75, 3.05) is 5.73 Å². The molecule has 6 nitrogen and oxygen atoms in total. The lowest BCUT2D eigenvalue weighted by Crippen LogP contribution is -2.08. The lowest BCUT2D eigenvalue weighted by molar-refractivity contribution is 0.594. The van der Waals surface area contributed by atoms with Gasteiger partial charge in [0.1, 0.15) is 0 Å². The fraction of sp³-hybridized carbons (Fsp3) is 0.200. The molecule has 90 valence electrons. The van der Waals surface area contributed by atoms with Gasteiger partial charge in [0.2, 0.25) is 0 Å². The number of sulfone groups is 1. The first-order valence-electron chi connectivity index (χ1n) is 4.90. The Bertz CT molecular complexity index is 633. The van der Waals surface area contributed by atoms with Gasteiger partial charge < -0.3 is 5.73 Å². The number of aryl methyl sites for hydroxylation is 1. The summed E-state index contributed by atoms with van der Waals surface area (Å²) in [5.74, 6) is -0.165. The number of rotatable bonds is 3. The van der Waals surface area contributed by atoms with Crippen LogP contribution in [0.15, 0.2) is 35.6 Å². The van der Waals surface area contributed by atoms with Crippen molar-refractivity contribution in [3.8, 4) is 0 Å². The molecule has 17 heavy (non-hydrogen) atoms. The molecule has 0 fully saturated rings. The van der Waals surface area contributed by atoms with Crippen LogP contribution in [0.4, 0.5) is 5.69 Å². The lowest BCUT2D eigenvalue weighted by Gasteiger charge is -2.04. The van der Waals surface area contributed by atoms with Crippen molar-refractivity contribution in [3.05, 3.63) is 36.4 Å². The second-order valence-electron chi connectivity index (χ2n) is 3.65. The molecule has 0 unspecified atom stereocenters. The van der Waals surface area contributed by atoms with Gasteiger partial charge in [-0.25, -0.2) is 8.42 Å². The second-order valence-corrected chi connectivity index (χ2v) is 5.61. The standard InChI is InChI=1S/C10H12N4O2S/c1-14-5-3-8(13-14)7-17(15,16)10-2-4-12-6-9(10)11/h2-6H,7,11H2,1H3. The molecule has 2 heterocycles. The SMILES string of the molecule is Cn1ccc(CS(=O)(=O)c2ccncc2N)n1. The summed E-state index contributed by atoms with van der Waals surface area (Å²) in [6.45, 7) is 0. The van der Waals surface area contributed by atoms with Crippen molar-refractivity contribution in [2.24, 2.45) is 7.05 Å². The van der Waals surface area contributed by atoms with E-state index in [1.54, 1.807) is 24.0 Å². The Morgan fingerprint density at radius 1 is 1.41 bits per heavy atom. The Hall–Kier alpha value is -1.89. The highest BCUT2D eigenvalue weighted by Gasteiger charge is 2.19. The molecule has 2 aromatic heterocycles. The molecule has 2 N–H and O–H groups in total. The molecule has 0 aliphatic carbocycles. The van der Waals surface area contributed by atoms with Crippen LogP contribution in [0.2, 0.25) is 0 Å². The van der Waals surface area contributed by atoms with Gasteiger partial charge in [-0.3, -0.25) is 9.67 Å². The number of nitrogens with zero attached hydrogens (tertiary/aromatic N) is 3. The highest BCUT2D eigenvalue weighted by molar-refractivity contribution is 7.90. The van der Waals surface area contributed by atoms with E-state index in [2.05, 4.69) is 10.1 Å². The first kappa shape index (κ1) is 11.6. The van der Waals surface area contributed by atoms with Gasteiger partial charge in [-0.2, -0.15) is 5.10 Å². The fourth-order valence-electron chi connectivity index (χ4n) is 1.49. The Labute approximate surface area is 99.0 Å². The molecule has 0 atom stereocenters. The number of aromatic nitrogens is 3. The second kappa shape index (κ2) is 4.17.